The summed E-state index contributed by atoms with van der Waals surface area (Å²) < 4.78 is 0. The molecule has 0 fully saturated rings. The topological polar surface area (TPSA) is 15.8 Å². The van der Waals surface area contributed by atoms with Crippen LogP contribution < -0.4 is 0 Å². The lowest BCUT2D eigenvalue weighted by Crippen LogP contribution is -1.92. The highest BCUT2D eigenvalue weighted by atomic mass is 14.7. The fraction of sp³-hybridized carbons (Fsp3) is 0.286. The van der Waals surface area contributed by atoms with E-state index in [9.17, 15) is 0 Å². The summed E-state index contributed by atoms with van der Waals surface area (Å²) in [6.07, 6.45) is 5.08. The van der Waals surface area contributed by atoms with E-state index in [1.807, 2.05) is 12.3 Å². The molecule has 0 aliphatic heterocycles. The van der Waals surface area contributed by atoms with Crippen molar-refractivity contribution in [2.75, 3.05) is 0 Å². The molecule has 1 aromatic carbocycles. The zero-order chi connectivity index (χ0) is 10.8. The summed E-state index contributed by atoms with van der Waals surface area (Å²) in [7, 11) is 0. The molecule has 0 saturated heterocycles. The molecule has 0 amide bonds. The first-order valence-electron chi connectivity index (χ1n) is 5.49. The lowest BCUT2D eigenvalue weighted by Gasteiger charge is -2.10. The molecule has 0 saturated carbocycles. The molecular weight excluding hydrogens is 182 g/mol. The average Bonchev–Trinajstić information content (AvgIpc) is 2.75. The Morgan fingerprint density at radius 3 is 2.87 bits per heavy atom. The van der Waals surface area contributed by atoms with Crippen LogP contribution >= 0.6 is 0 Å². The number of H-pyrrole nitrogens is 1. The van der Waals surface area contributed by atoms with Gasteiger partial charge in [-0.15, -0.1) is 6.58 Å². The van der Waals surface area contributed by atoms with E-state index in [1.54, 1.807) is 0 Å². The SMILES string of the molecule is C=C[C@H](C)c1ccc(CC)c2cc[nH]c12. The number of hydrogen-bond acceptors (Lipinski definition) is 0. The number of aromatic amines is 1. The Bertz CT molecular complexity index is 479. The van der Waals surface area contributed by atoms with Crippen LogP contribution in [0.5, 0.6) is 0 Å². The smallest absolute Gasteiger partial charge is 0.0495 e. The van der Waals surface area contributed by atoms with E-state index < -0.39 is 0 Å². The Kier molecular flexibility index (Phi) is 2.63. The van der Waals surface area contributed by atoms with Gasteiger partial charge in [-0.3, -0.25) is 0 Å². The summed E-state index contributed by atoms with van der Waals surface area (Å²) >= 11 is 0. The lowest BCUT2D eigenvalue weighted by molar-refractivity contribution is 0.977. The minimum absolute atomic E-state index is 0.400. The molecule has 0 aliphatic carbocycles. The van der Waals surface area contributed by atoms with Gasteiger partial charge in [0.1, 0.15) is 0 Å². The van der Waals surface area contributed by atoms with Gasteiger partial charge in [0.25, 0.3) is 0 Å². The van der Waals surface area contributed by atoms with Gasteiger partial charge in [-0.25, -0.2) is 0 Å². The summed E-state index contributed by atoms with van der Waals surface area (Å²) in [4.78, 5) is 3.33. The Labute approximate surface area is 90.8 Å². The highest BCUT2D eigenvalue weighted by molar-refractivity contribution is 5.86. The molecule has 1 heteroatoms. The molecule has 0 radical (unpaired) electrons. The molecular formula is C14H17N. The van der Waals surface area contributed by atoms with Gasteiger partial charge in [0, 0.05) is 23.0 Å². The van der Waals surface area contributed by atoms with Gasteiger partial charge in [0.15, 0.2) is 0 Å². The van der Waals surface area contributed by atoms with E-state index in [0.717, 1.165) is 6.42 Å². The van der Waals surface area contributed by atoms with Crippen molar-refractivity contribution in [3.8, 4) is 0 Å². The Morgan fingerprint density at radius 1 is 1.40 bits per heavy atom. The van der Waals surface area contributed by atoms with Crippen LogP contribution in [0.25, 0.3) is 10.9 Å². The molecule has 0 unspecified atom stereocenters. The van der Waals surface area contributed by atoms with E-state index in [2.05, 4.69) is 43.6 Å². The fourth-order valence-electron chi connectivity index (χ4n) is 2.05. The molecule has 78 valence electrons. The van der Waals surface area contributed by atoms with Gasteiger partial charge in [-0.2, -0.15) is 0 Å². The number of rotatable bonds is 3. The highest BCUT2D eigenvalue weighted by Gasteiger charge is 2.09. The quantitative estimate of drug-likeness (QED) is 0.719. The predicted octanol–water partition coefficient (Wildman–Crippen LogP) is 4.02. The molecule has 0 aliphatic rings. The predicted molar refractivity (Wildman–Crippen MR) is 66.3 cm³/mol. The summed E-state index contributed by atoms with van der Waals surface area (Å²) in [5.74, 6) is 0.400. The van der Waals surface area contributed by atoms with Crippen molar-refractivity contribution in [3.05, 3.63) is 48.2 Å². The first kappa shape index (κ1) is 10.0. The third-order valence-corrected chi connectivity index (χ3v) is 3.07. The second kappa shape index (κ2) is 3.93. The van der Waals surface area contributed by atoms with Gasteiger partial charge < -0.3 is 4.98 Å². The zero-order valence-corrected chi connectivity index (χ0v) is 9.38. The van der Waals surface area contributed by atoms with Crippen LogP contribution in [0.3, 0.4) is 0 Å². The van der Waals surface area contributed by atoms with Gasteiger partial charge in [-0.05, 0) is 23.6 Å². The van der Waals surface area contributed by atoms with E-state index in [1.165, 1.54) is 22.0 Å². The molecule has 0 spiro atoms. The minimum Gasteiger partial charge on any atom is -0.361 e. The van der Waals surface area contributed by atoms with E-state index in [4.69, 9.17) is 0 Å². The van der Waals surface area contributed by atoms with Crippen LogP contribution in [0.15, 0.2) is 37.1 Å². The number of aryl methyl sites for hydroxylation is 1. The van der Waals surface area contributed by atoms with E-state index >= 15 is 0 Å². The summed E-state index contributed by atoms with van der Waals surface area (Å²) in [5, 5.41) is 1.35. The van der Waals surface area contributed by atoms with Crippen LogP contribution in [0.4, 0.5) is 0 Å². The van der Waals surface area contributed by atoms with Crippen LogP contribution in [-0.2, 0) is 6.42 Å². The van der Waals surface area contributed by atoms with Crippen molar-refractivity contribution in [3.63, 3.8) is 0 Å². The monoisotopic (exact) mass is 199 g/mol. The van der Waals surface area contributed by atoms with Gasteiger partial charge in [0.05, 0.1) is 0 Å². The zero-order valence-electron chi connectivity index (χ0n) is 9.38. The molecule has 15 heavy (non-hydrogen) atoms. The number of nitrogens with one attached hydrogen (secondary N) is 1. The van der Waals surface area contributed by atoms with Crippen LogP contribution in [0.1, 0.15) is 30.9 Å². The van der Waals surface area contributed by atoms with Crippen molar-refractivity contribution < 1.29 is 0 Å². The van der Waals surface area contributed by atoms with Crippen LogP contribution in [0, 0.1) is 0 Å². The molecule has 2 aromatic rings. The van der Waals surface area contributed by atoms with Gasteiger partial charge >= 0.3 is 0 Å². The number of fused-ring (bicyclic) bond motifs is 1. The summed E-state index contributed by atoms with van der Waals surface area (Å²) in [6, 6.07) is 6.60. The first-order chi connectivity index (χ1) is 7.27. The summed E-state index contributed by atoms with van der Waals surface area (Å²) in [5.41, 5.74) is 4.01. The van der Waals surface area contributed by atoms with Crippen LogP contribution in [0.2, 0.25) is 0 Å². The number of aromatic nitrogens is 1. The molecule has 2 rings (SSSR count). The fourth-order valence-corrected chi connectivity index (χ4v) is 2.05. The van der Waals surface area contributed by atoms with Crippen molar-refractivity contribution >= 4 is 10.9 Å². The standard InChI is InChI=1S/C14H17N/c1-4-10(3)12-7-6-11(5-2)13-8-9-15-14(12)13/h4,6-10,15H,1,5H2,2-3H3/t10-/m0/s1. The van der Waals surface area contributed by atoms with Crippen molar-refractivity contribution in [2.45, 2.75) is 26.2 Å². The lowest BCUT2D eigenvalue weighted by atomic mass is 9.96. The molecule has 0 bridgehead atoms. The molecule has 1 heterocycles. The van der Waals surface area contributed by atoms with Gasteiger partial charge in [-0.1, -0.05) is 32.1 Å². The maximum absolute atomic E-state index is 3.86. The maximum atomic E-state index is 3.86. The first-order valence-corrected chi connectivity index (χ1v) is 5.49. The van der Waals surface area contributed by atoms with Crippen molar-refractivity contribution in [1.82, 2.24) is 4.98 Å². The van der Waals surface area contributed by atoms with Gasteiger partial charge in [0.2, 0.25) is 0 Å². The molecule has 1 nitrogen and oxygen atoms in total. The number of hydrogen-bond donors (Lipinski definition) is 1. The Hall–Kier alpha value is -1.50. The molecule has 1 atom stereocenters. The third-order valence-electron chi connectivity index (χ3n) is 3.07. The molecule has 1 N–H and O–H groups in total. The number of allylic oxidation sites excluding steroid dienone is 1. The second-order valence-corrected chi connectivity index (χ2v) is 3.96. The van der Waals surface area contributed by atoms with Crippen molar-refractivity contribution in [2.24, 2.45) is 0 Å². The highest BCUT2D eigenvalue weighted by Crippen LogP contribution is 2.27. The average molecular weight is 199 g/mol. The number of benzene rings is 1. The minimum atomic E-state index is 0.400. The largest absolute Gasteiger partial charge is 0.361 e. The van der Waals surface area contributed by atoms with E-state index in [0.29, 0.717) is 5.92 Å². The Balaban J connectivity index is 2.68. The third kappa shape index (κ3) is 1.58. The normalized spacial score (nSPS) is 12.9. The second-order valence-electron chi connectivity index (χ2n) is 3.96. The van der Waals surface area contributed by atoms with Crippen molar-refractivity contribution in [1.29, 1.82) is 0 Å². The van der Waals surface area contributed by atoms with Crippen LogP contribution in [-0.4, -0.2) is 4.98 Å². The van der Waals surface area contributed by atoms with E-state index in [-0.39, 0.29) is 0 Å². The maximum Gasteiger partial charge on any atom is 0.0495 e. The summed E-state index contributed by atoms with van der Waals surface area (Å²) in [6.45, 7) is 8.22. The molecule has 1 aromatic heterocycles. The Morgan fingerprint density at radius 2 is 2.20 bits per heavy atom.